The third-order valence-electron chi connectivity index (χ3n) is 2.23. The molecule has 0 saturated heterocycles. The summed E-state index contributed by atoms with van der Waals surface area (Å²) < 4.78 is 26.1. The van der Waals surface area contributed by atoms with Crippen molar-refractivity contribution < 1.29 is 8.42 Å². The number of hydrogen-bond acceptors (Lipinski definition) is 4. The first kappa shape index (κ1) is 13.6. The topological polar surface area (TPSA) is 96.0 Å². The van der Waals surface area contributed by atoms with E-state index in [-0.39, 0.29) is 23.9 Å². The van der Waals surface area contributed by atoms with Gasteiger partial charge in [-0.1, -0.05) is 12.1 Å². The van der Waals surface area contributed by atoms with Gasteiger partial charge in [0, 0.05) is 12.6 Å². The lowest BCUT2D eigenvalue weighted by Gasteiger charge is -2.12. The van der Waals surface area contributed by atoms with Gasteiger partial charge in [-0.3, -0.25) is 0 Å². The van der Waals surface area contributed by atoms with E-state index in [2.05, 4.69) is 4.72 Å². The smallest absolute Gasteiger partial charge is 0.240 e. The largest absolute Gasteiger partial charge is 0.329 e. The number of benzene rings is 1. The van der Waals surface area contributed by atoms with E-state index in [4.69, 9.17) is 11.0 Å². The van der Waals surface area contributed by atoms with Crippen molar-refractivity contribution >= 4 is 10.0 Å². The minimum absolute atomic E-state index is 0.180. The molecule has 1 aromatic carbocycles. The lowest BCUT2D eigenvalue weighted by atomic mass is 10.2. The van der Waals surface area contributed by atoms with Gasteiger partial charge >= 0.3 is 0 Å². The molecule has 0 heterocycles. The minimum Gasteiger partial charge on any atom is -0.329 e. The molecule has 0 amide bonds. The molecular formula is C11H15N3O2S. The maximum Gasteiger partial charge on any atom is 0.240 e. The zero-order valence-electron chi connectivity index (χ0n) is 9.55. The van der Waals surface area contributed by atoms with Gasteiger partial charge in [-0.2, -0.15) is 5.26 Å². The summed E-state index contributed by atoms with van der Waals surface area (Å²) in [6.45, 7) is 1.94. The molecule has 1 atom stereocenters. The summed E-state index contributed by atoms with van der Waals surface area (Å²) in [7, 11) is -3.52. The van der Waals surface area contributed by atoms with Gasteiger partial charge in [-0.25, -0.2) is 13.1 Å². The van der Waals surface area contributed by atoms with Crippen LogP contribution in [-0.4, -0.2) is 21.0 Å². The Balaban J connectivity index is 2.89. The van der Waals surface area contributed by atoms with E-state index in [1.807, 2.05) is 6.07 Å². The zero-order valence-corrected chi connectivity index (χ0v) is 10.4. The normalized spacial score (nSPS) is 13.0. The molecule has 92 valence electrons. The summed E-state index contributed by atoms with van der Waals surface area (Å²) in [6.07, 6.45) is 0.271. The Morgan fingerprint density at radius 1 is 1.41 bits per heavy atom. The molecule has 0 aliphatic rings. The van der Waals surface area contributed by atoms with Crippen molar-refractivity contribution in [1.29, 1.82) is 5.26 Å². The second kappa shape index (κ2) is 5.77. The first-order chi connectivity index (χ1) is 7.99. The van der Waals surface area contributed by atoms with Crippen LogP contribution in [0.2, 0.25) is 0 Å². The predicted octanol–water partition coefficient (Wildman–Crippen LogP) is 0.378. The van der Waals surface area contributed by atoms with Crippen LogP contribution >= 0.6 is 0 Å². The van der Waals surface area contributed by atoms with Crippen molar-refractivity contribution in [3.05, 3.63) is 29.8 Å². The fraction of sp³-hybridized carbons (Fsp3) is 0.364. The van der Waals surface area contributed by atoms with Crippen LogP contribution in [0.25, 0.3) is 0 Å². The molecule has 5 nitrogen and oxygen atoms in total. The summed E-state index contributed by atoms with van der Waals surface area (Å²) in [6, 6.07) is 7.92. The van der Waals surface area contributed by atoms with E-state index in [0.29, 0.717) is 0 Å². The van der Waals surface area contributed by atoms with Crippen molar-refractivity contribution in [1.82, 2.24) is 4.72 Å². The Kier molecular flexibility index (Phi) is 4.63. The average molecular weight is 253 g/mol. The highest BCUT2D eigenvalue weighted by Gasteiger charge is 2.16. The molecule has 6 heteroatoms. The van der Waals surface area contributed by atoms with Gasteiger partial charge in [0.15, 0.2) is 0 Å². The summed E-state index contributed by atoms with van der Waals surface area (Å²) >= 11 is 0. The highest BCUT2D eigenvalue weighted by atomic mass is 32.2. The Morgan fingerprint density at radius 3 is 2.47 bits per heavy atom. The molecule has 0 fully saturated rings. The fourth-order valence-corrected chi connectivity index (χ4v) is 2.52. The molecule has 1 unspecified atom stereocenters. The molecule has 0 saturated carbocycles. The summed E-state index contributed by atoms with van der Waals surface area (Å²) in [4.78, 5) is 0.180. The van der Waals surface area contributed by atoms with Crippen LogP contribution < -0.4 is 10.5 Å². The van der Waals surface area contributed by atoms with E-state index in [9.17, 15) is 8.42 Å². The summed E-state index contributed by atoms with van der Waals surface area (Å²) in [5, 5.41) is 8.51. The number of sulfonamides is 1. The SMILES string of the molecule is CC(CN)NS(=O)(=O)c1ccc(CC#N)cc1. The fourth-order valence-electron chi connectivity index (χ4n) is 1.26. The number of nitrogens with one attached hydrogen (secondary N) is 1. The van der Waals surface area contributed by atoms with Crippen molar-refractivity contribution in [3.8, 4) is 6.07 Å². The molecular weight excluding hydrogens is 238 g/mol. The molecule has 3 N–H and O–H groups in total. The van der Waals surface area contributed by atoms with E-state index in [0.717, 1.165) is 5.56 Å². The number of nitriles is 1. The van der Waals surface area contributed by atoms with E-state index in [1.165, 1.54) is 12.1 Å². The molecule has 0 aromatic heterocycles. The first-order valence-corrected chi connectivity index (χ1v) is 6.66. The first-order valence-electron chi connectivity index (χ1n) is 5.18. The molecule has 1 rings (SSSR count). The third kappa shape index (κ3) is 3.82. The molecule has 0 bridgehead atoms. The number of hydrogen-bond donors (Lipinski definition) is 2. The van der Waals surface area contributed by atoms with Crippen LogP contribution in [0.5, 0.6) is 0 Å². The van der Waals surface area contributed by atoms with E-state index < -0.39 is 10.0 Å². The van der Waals surface area contributed by atoms with Gasteiger partial charge in [0.2, 0.25) is 10.0 Å². The second-order valence-electron chi connectivity index (χ2n) is 3.74. The number of nitrogens with two attached hydrogens (primary N) is 1. The Morgan fingerprint density at radius 2 is 2.00 bits per heavy atom. The van der Waals surface area contributed by atoms with Crippen LogP contribution in [0.4, 0.5) is 0 Å². The maximum absolute atomic E-state index is 11.8. The van der Waals surface area contributed by atoms with Gasteiger partial charge in [-0.05, 0) is 24.6 Å². The summed E-state index contributed by atoms with van der Waals surface area (Å²) in [5.74, 6) is 0. The highest BCUT2D eigenvalue weighted by Crippen LogP contribution is 2.11. The Bertz CT molecular complexity index is 503. The lowest BCUT2D eigenvalue weighted by molar-refractivity contribution is 0.562. The van der Waals surface area contributed by atoms with Gasteiger partial charge in [0.25, 0.3) is 0 Å². The van der Waals surface area contributed by atoms with E-state index in [1.54, 1.807) is 19.1 Å². The molecule has 17 heavy (non-hydrogen) atoms. The monoisotopic (exact) mass is 253 g/mol. The van der Waals surface area contributed by atoms with Crippen LogP contribution in [0.15, 0.2) is 29.2 Å². The zero-order chi connectivity index (χ0) is 12.9. The van der Waals surface area contributed by atoms with Gasteiger partial charge in [0.1, 0.15) is 0 Å². The van der Waals surface area contributed by atoms with E-state index >= 15 is 0 Å². The van der Waals surface area contributed by atoms with Crippen molar-refractivity contribution in [2.75, 3.05) is 6.54 Å². The van der Waals surface area contributed by atoms with Crippen LogP contribution in [0.1, 0.15) is 12.5 Å². The van der Waals surface area contributed by atoms with Crippen LogP contribution in [0.3, 0.4) is 0 Å². The maximum atomic E-state index is 11.8. The lowest BCUT2D eigenvalue weighted by Crippen LogP contribution is -2.37. The van der Waals surface area contributed by atoms with Gasteiger partial charge in [0.05, 0.1) is 17.4 Å². The Labute approximate surface area is 101 Å². The third-order valence-corrected chi connectivity index (χ3v) is 3.83. The molecule has 0 aliphatic heterocycles. The number of nitrogens with zero attached hydrogens (tertiary/aromatic N) is 1. The Hall–Kier alpha value is -1.42. The van der Waals surface area contributed by atoms with Crippen molar-refractivity contribution in [2.24, 2.45) is 5.73 Å². The van der Waals surface area contributed by atoms with Crippen LogP contribution in [0, 0.1) is 11.3 Å². The van der Waals surface area contributed by atoms with Gasteiger partial charge in [-0.15, -0.1) is 0 Å². The number of rotatable bonds is 5. The molecule has 0 spiro atoms. The highest BCUT2D eigenvalue weighted by molar-refractivity contribution is 7.89. The minimum atomic E-state index is -3.52. The standard InChI is InChI=1S/C11H15N3O2S/c1-9(8-13)14-17(15,16)11-4-2-10(3-5-11)6-7-12/h2-5,9,14H,6,8,13H2,1H3. The average Bonchev–Trinajstić information content (AvgIpc) is 2.29. The van der Waals surface area contributed by atoms with Gasteiger partial charge < -0.3 is 5.73 Å². The van der Waals surface area contributed by atoms with Crippen molar-refractivity contribution in [3.63, 3.8) is 0 Å². The van der Waals surface area contributed by atoms with Crippen molar-refractivity contribution in [2.45, 2.75) is 24.3 Å². The predicted molar refractivity (Wildman–Crippen MR) is 64.6 cm³/mol. The van der Waals surface area contributed by atoms with Crippen LogP contribution in [-0.2, 0) is 16.4 Å². The summed E-state index contributed by atoms with van der Waals surface area (Å²) in [5.41, 5.74) is 6.15. The second-order valence-corrected chi connectivity index (χ2v) is 5.45. The molecule has 0 radical (unpaired) electrons. The molecule has 0 aliphatic carbocycles. The molecule has 1 aromatic rings. The quantitative estimate of drug-likeness (QED) is 0.792.